The Hall–Kier alpha value is -3.71. The van der Waals surface area contributed by atoms with E-state index in [4.69, 9.17) is 16.7 Å². The topological polar surface area (TPSA) is 72.9 Å². The highest BCUT2D eigenvalue weighted by molar-refractivity contribution is 6.30. The number of amides is 1. The standard InChI is InChI=1S/C32H32ClN3O3/c1-2-30(37)34-28-13-14-29-25(19-28)7-8-26(31(29)23-9-11-27(33)12-10-23)21-36-17-15-35(16-18-36)20-22-3-5-24(6-4-22)32(38)39/h2-6,9-14,19H,1,7-8,15-18,20-21H2,(H,34,37)(H,38,39). The minimum Gasteiger partial charge on any atom is -0.478 e. The smallest absolute Gasteiger partial charge is 0.335 e. The number of aryl methyl sites for hydroxylation is 1. The summed E-state index contributed by atoms with van der Waals surface area (Å²) >= 11 is 6.22. The molecule has 5 rings (SSSR count). The molecule has 1 aliphatic heterocycles. The fourth-order valence-corrected chi connectivity index (χ4v) is 5.56. The van der Waals surface area contributed by atoms with Crippen molar-refractivity contribution in [2.75, 3.05) is 38.0 Å². The monoisotopic (exact) mass is 541 g/mol. The fraction of sp³-hybridized carbons (Fsp3) is 0.250. The van der Waals surface area contributed by atoms with Gasteiger partial charge in [-0.05, 0) is 88.7 Å². The molecule has 0 aromatic heterocycles. The van der Waals surface area contributed by atoms with Gasteiger partial charge in [0.2, 0.25) is 5.91 Å². The number of anilines is 1. The Kier molecular flexibility index (Phi) is 8.27. The third-order valence-corrected chi connectivity index (χ3v) is 7.75. The zero-order valence-electron chi connectivity index (χ0n) is 21.8. The largest absolute Gasteiger partial charge is 0.478 e. The maximum atomic E-state index is 11.8. The predicted molar refractivity (Wildman–Crippen MR) is 156 cm³/mol. The van der Waals surface area contributed by atoms with Crippen LogP contribution in [0.1, 0.15) is 39.0 Å². The average Bonchev–Trinajstić information content (AvgIpc) is 2.95. The SMILES string of the molecule is C=CC(=O)Nc1ccc2c(c1)CCC(CN1CCN(Cc3ccc(C(=O)O)cc3)CC1)=C2c1ccc(Cl)cc1. The van der Waals surface area contributed by atoms with Gasteiger partial charge in [-0.2, -0.15) is 0 Å². The number of hydrogen-bond acceptors (Lipinski definition) is 4. The lowest BCUT2D eigenvalue weighted by atomic mass is 9.81. The van der Waals surface area contributed by atoms with Crippen LogP contribution in [-0.2, 0) is 17.8 Å². The molecule has 0 saturated carbocycles. The van der Waals surface area contributed by atoms with Gasteiger partial charge in [0.05, 0.1) is 5.56 Å². The molecule has 1 heterocycles. The molecule has 6 nitrogen and oxygen atoms in total. The quantitative estimate of drug-likeness (QED) is 0.356. The van der Waals surface area contributed by atoms with Crippen LogP contribution < -0.4 is 5.32 Å². The van der Waals surface area contributed by atoms with E-state index in [0.717, 1.165) is 68.9 Å². The van der Waals surface area contributed by atoms with Crippen LogP contribution in [0, 0.1) is 0 Å². The van der Waals surface area contributed by atoms with Crippen LogP contribution in [0.4, 0.5) is 5.69 Å². The Labute approximate surface area is 234 Å². The highest BCUT2D eigenvalue weighted by Crippen LogP contribution is 2.38. The van der Waals surface area contributed by atoms with Crippen molar-refractivity contribution in [1.29, 1.82) is 0 Å². The van der Waals surface area contributed by atoms with Crippen molar-refractivity contribution >= 4 is 34.7 Å². The van der Waals surface area contributed by atoms with E-state index in [2.05, 4.69) is 46.0 Å². The van der Waals surface area contributed by atoms with Crippen molar-refractivity contribution in [3.8, 4) is 0 Å². The number of fused-ring (bicyclic) bond motifs is 1. The number of halogens is 1. The molecule has 3 aromatic carbocycles. The first-order valence-electron chi connectivity index (χ1n) is 13.2. The van der Waals surface area contributed by atoms with Crippen LogP contribution in [0.3, 0.4) is 0 Å². The molecule has 39 heavy (non-hydrogen) atoms. The van der Waals surface area contributed by atoms with Gasteiger partial charge in [-0.15, -0.1) is 0 Å². The molecule has 0 radical (unpaired) electrons. The summed E-state index contributed by atoms with van der Waals surface area (Å²) in [5.74, 6) is -1.11. The van der Waals surface area contributed by atoms with E-state index in [0.29, 0.717) is 10.6 Å². The number of aromatic carboxylic acids is 1. The van der Waals surface area contributed by atoms with Crippen LogP contribution in [-0.4, -0.2) is 59.5 Å². The fourth-order valence-electron chi connectivity index (χ4n) is 5.44. The molecular formula is C32H32ClN3O3. The van der Waals surface area contributed by atoms with Gasteiger partial charge in [0, 0.05) is 50.0 Å². The Morgan fingerprint density at radius 1 is 0.897 bits per heavy atom. The van der Waals surface area contributed by atoms with Gasteiger partial charge in [0.25, 0.3) is 0 Å². The van der Waals surface area contributed by atoms with Gasteiger partial charge in [-0.1, -0.05) is 48.5 Å². The highest BCUT2D eigenvalue weighted by Gasteiger charge is 2.24. The van der Waals surface area contributed by atoms with Gasteiger partial charge in [-0.25, -0.2) is 4.79 Å². The lowest BCUT2D eigenvalue weighted by molar-refractivity contribution is -0.111. The Morgan fingerprint density at radius 3 is 2.21 bits per heavy atom. The number of piperazine rings is 1. The first-order valence-corrected chi connectivity index (χ1v) is 13.6. The molecule has 0 spiro atoms. The van der Waals surface area contributed by atoms with E-state index in [1.54, 1.807) is 12.1 Å². The van der Waals surface area contributed by atoms with E-state index in [9.17, 15) is 9.59 Å². The van der Waals surface area contributed by atoms with Crippen LogP contribution in [0.25, 0.3) is 5.57 Å². The zero-order chi connectivity index (χ0) is 27.4. The first-order chi connectivity index (χ1) is 18.9. The average molecular weight is 542 g/mol. The number of carboxylic acid groups (broad SMARTS) is 1. The molecule has 200 valence electrons. The number of carbonyl (C=O) groups excluding carboxylic acids is 1. The normalized spacial score (nSPS) is 16.0. The van der Waals surface area contributed by atoms with Crippen LogP contribution >= 0.6 is 11.6 Å². The highest BCUT2D eigenvalue weighted by atomic mass is 35.5. The molecule has 7 heteroatoms. The number of carboxylic acids is 1. The van der Waals surface area contributed by atoms with Gasteiger partial charge < -0.3 is 10.4 Å². The minimum absolute atomic E-state index is 0.212. The number of rotatable bonds is 8. The molecular weight excluding hydrogens is 510 g/mol. The van der Waals surface area contributed by atoms with Gasteiger partial charge in [0.1, 0.15) is 0 Å². The van der Waals surface area contributed by atoms with Crippen LogP contribution in [0.15, 0.2) is 85.0 Å². The molecule has 1 fully saturated rings. The van der Waals surface area contributed by atoms with Crippen LogP contribution in [0.2, 0.25) is 5.02 Å². The second-order valence-corrected chi connectivity index (χ2v) is 10.5. The summed E-state index contributed by atoms with van der Waals surface area (Å²) in [5.41, 5.74) is 8.51. The molecule has 0 unspecified atom stereocenters. The summed E-state index contributed by atoms with van der Waals surface area (Å²) in [6.45, 7) is 9.16. The number of carbonyl (C=O) groups is 2. The molecule has 2 N–H and O–H groups in total. The van der Waals surface area contributed by atoms with Crippen LogP contribution in [0.5, 0.6) is 0 Å². The summed E-state index contributed by atoms with van der Waals surface area (Å²) in [6, 6.07) is 21.4. The van der Waals surface area contributed by atoms with E-state index in [1.165, 1.54) is 28.3 Å². The molecule has 3 aromatic rings. The third-order valence-electron chi connectivity index (χ3n) is 7.50. The van der Waals surface area contributed by atoms with E-state index in [1.807, 2.05) is 30.3 Å². The van der Waals surface area contributed by atoms with Gasteiger partial charge in [-0.3, -0.25) is 14.6 Å². The number of benzene rings is 3. The molecule has 0 atom stereocenters. The summed E-state index contributed by atoms with van der Waals surface area (Å²) in [7, 11) is 0. The second kappa shape index (κ2) is 12.0. The van der Waals surface area contributed by atoms with Gasteiger partial charge >= 0.3 is 5.97 Å². The third kappa shape index (κ3) is 6.48. The second-order valence-electron chi connectivity index (χ2n) is 10.1. The Morgan fingerprint density at radius 2 is 1.56 bits per heavy atom. The molecule has 1 aliphatic carbocycles. The summed E-state index contributed by atoms with van der Waals surface area (Å²) < 4.78 is 0. The Bertz CT molecular complexity index is 1410. The van der Waals surface area contributed by atoms with Crippen molar-refractivity contribution < 1.29 is 14.7 Å². The predicted octanol–water partition coefficient (Wildman–Crippen LogP) is 5.73. The lowest BCUT2D eigenvalue weighted by Gasteiger charge is -2.36. The minimum atomic E-state index is -0.896. The molecule has 0 bridgehead atoms. The Balaban J connectivity index is 1.32. The maximum Gasteiger partial charge on any atom is 0.335 e. The van der Waals surface area contributed by atoms with Crippen molar-refractivity contribution in [2.24, 2.45) is 0 Å². The summed E-state index contributed by atoms with van der Waals surface area (Å²) in [4.78, 5) is 27.9. The molecule has 1 amide bonds. The number of nitrogens with one attached hydrogen (secondary N) is 1. The van der Waals surface area contributed by atoms with Crippen molar-refractivity contribution in [3.63, 3.8) is 0 Å². The lowest BCUT2D eigenvalue weighted by Crippen LogP contribution is -2.46. The molecule has 1 saturated heterocycles. The van der Waals surface area contributed by atoms with Crippen molar-refractivity contribution in [3.05, 3.63) is 118 Å². The number of hydrogen-bond donors (Lipinski definition) is 2. The first kappa shape index (κ1) is 26.9. The van der Waals surface area contributed by atoms with E-state index < -0.39 is 5.97 Å². The maximum absolute atomic E-state index is 11.8. The number of nitrogens with zero attached hydrogens (tertiary/aromatic N) is 2. The zero-order valence-corrected chi connectivity index (χ0v) is 22.6. The summed E-state index contributed by atoms with van der Waals surface area (Å²) in [5, 5.41) is 12.7. The van der Waals surface area contributed by atoms with Gasteiger partial charge in [0.15, 0.2) is 0 Å². The van der Waals surface area contributed by atoms with E-state index in [-0.39, 0.29) is 5.91 Å². The summed E-state index contributed by atoms with van der Waals surface area (Å²) in [6.07, 6.45) is 3.16. The molecule has 2 aliphatic rings. The van der Waals surface area contributed by atoms with Crippen molar-refractivity contribution in [1.82, 2.24) is 9.80 Å². The van der Waals surface area contributed by atoms with E-state index >= 15 is 0 Å². The van der Waals surface area contributed by atoms with Crippen molar-refractivity contribution in [2.45, 2.75) is 19.4 Å².